The van der Waals surface area contributed by atoms with Crippen molar-refractivity contribution in [2.24, 2.45) is 7.05 Å². The van der Waals surface area contributed by atoms with Crippen LogP contribution in [0.1, 0.15) is 42.4 Å². The van der Waals surface area contributed by atoms with Gasteiger partial charge >= 0.3 is 0 Å². The lowest BCUT2D eigenvalue weighted by molar-refractivity contribution is 0.669. The van der Waals surface area contributed by atoms with Gasteiger partial charge in [-0.25, -0.2) is 9.97 Å². The van der Waals surface area contributed by atoms with E-state index in [1.54, 1.807) is 0 Å². The van der Waals surface area contributed by atoms with E-state index in [1.165, 1.54) is 11.8 Å². The number of nitrogens with zero attached hydrogens (tertiary/aromatic N) is 4. The molecule has 0 fully saturated rings. The van der Waals surface area contributed by atoms with Crippen molar-refractivity contribution in [1.29, 1.82) is 0 Å². The summed E-state index contributed by atoms with van der Waals surface area (Å²) >= 11 is 1.47. The van der Waals surface area contributed by atoms with Crippen LogP contribution in [-0.2, 0) is 7.05 Å². The van der Waals surface area contributed by atoms with Crippen LogP contribution in [0.15, 0.2) is 10.2 Å². The molecule has 6 heteroatoms. The van der Waals surface area contributed by atoms with Gasteiger partial charge < -0.3 is 5.73 Å². The molecule has 20 heavy (non-hydrogen) atoms. The highest BCUT2D eigenvalue weighted by atomic mass is 32.2. The Bertz CT molecular complexity index is 622. The number of rotatable bonds is 3. The zero-order chi connectivity index (χ0) is 15.0. The quantitative estimate of drug-likeness (QED) is 0.880. The molecule has 0 aliphatic heterocycles. The molecular formula is C14H21N5S. The summed E-state index contributed by atoms with van der Waals surface area (Å²) in [4.78, 5) is 9.04. The highest BCUT2D eigenvalue weighted by Crippen LogP contribution is 2.34. The smallest absolute Gasteiger partial charge is 0.194 e. The first kappa shape index (κ1) is 14.8. The van der Waals surface area contributed by atoms with Crippen molar-refractivity contribution in [3.05, 3.63) is 22.6 Å². The number of nitrogens with two attached hydrogens (primary N) is 1. The molecule has 0 saturated carbocycles. The van der Waals surface area contributed by atoms with Gasteiger partial charge in [-0.2, -0.15) is 5.10 Å². The van der Waals surface area contributed by atoms with Gasteiger partial charge in [-0.3, -0.25) is 4.68 Å². The first-order valence-corrected chi connectivity index (χ1v) is 7.45. The fourth-order valence-electron chi connectivity index (χ4n) is 1.97. The van der Waals surface area contributed by atoms with E-state index >= 15 is 0 Å². The summed E-state index contributed by atoms with van der Waals surface area (Å²) in [5.41, 5.74) is 11.0. The second kappa shape index (κ2) is 5.44. The monoisotopic (exact) mass is 291 g/mol. The summed E-state index contributed by atoms with van der Waals surface area (Å²) in [7, 11) is 1.90. The predicted octanol–water partition coefficient (Wildman–Crippen LogP) is 2.99. The fourth-order valence-corrected chi connectivity index (χ4v) is 2.89. The molecule has 0 bridgehead atoms. The molecule has 0 atom stereocenters. The Morgan fingerprint density at radius 1 is 1.10 bits per heavy atom. The number of aromatic nitrogens is 4. The molecule has 0 aliphatic rings. The largest absolute Gasteiger partial charge is 0.395 e. The van der Waals surface area contributed by atoms with Crippen molar-refractivity contribution >= 4 is 17.4 Å². The van der Waals surface area contributed by atoms with Crippen molar-refractivity contribution in [3.63, 3.8) is 0 Å². The third kappa shape index (κ3) is 2.65. The van der Waals surface area contributed by atoms with Crippen LogP contribution < -0.4 is 5.73 Å². The second-order valence-corrected chi connectivity index (χ2v) is 6.24. The third-order valence-corrected chi connectivity index (χ3v) is 4.45. The van der Waals surface area contributed by atoms with E-state index in [-0.39, 0.29) is 0 Å². The Balaban J connectivity index is 2.40. The molecule has 2 N–H and O–H groups in total. The zero-order valence-electron chi connectivity index (χ0n) is 12.9. The summed E-state index contributed by atoms with van der Waals surface area (Å²) in [5.74, 6) is 0.304. The lowest BCUT2D eigenvalue weighted by Gasteiger charge is -2.07. The lowest BCUT2D eigenvalue weighted by Crippen LogP contribution is -2.00. The molecule has 2 aromatic rings. The van der Waals surface area contributed by atoms with Crippen LogP contribution in [0.5, 0.6) is 0 Å². The van der Waals surface area contributed by atoms with Crippen LogP contribution in [0.25, 0.3) is 0 Å². The van der Waals surface area contributed by atoms with Gasteiger partial charge in [0.25, 0.3) is 0 Å². The maximum atomic E-state index is 6.20. The molecular weight excluding hydrogens is 270 g/mol. The Morgan fingerprint density at radius 2 is 1.65 bits per heavy atom. The first-order valence-electron chi connectivity index (χ1n) is 6.63. The highest BCUT2D eigenvalue weighted by molar-refractivity contribution is 7.99. The Hall–Kier alpha value is -1.56. The summed E-state index contributed by atoms with van der Waals surface area (Å²) in [6.07, 6.45) is 0. The third-order valence-electron chi connectivity index (χ3n) is 3.40. The van der Waals surface area contributed by atoms with E-state index in [2.05, 4.69) is 28.9 Å². The number of hydrogen-bond donors (Lipinski definition) is 1. The maximum absolute atomic E-state index is 6.20. The molecule has 2 rings (SSSR count). The SMILES string of the molecule is Cc1nc(Sc2c(N)c(C(C)C)nn2C)nc(C)c1C. The Morgan fingerprint density at radius 3 is 2.10 bits per heavy atom. The molecule has 5 nitrogen and oxygen atoms in total. The van der Waals surface area contributed by atoms with E-state index in [0.29, 0.717) is 5.92 Å². The predicted molar refractivity (Wildman–Crippen MR) is 82.1 cm³/mol. The fraction of sp³-hybridized carbons (Fsp3) is 0.500. The van der Waals surface area contributed by atoms with Crippen LogP contribution in [0, 0.1) is 20.8 Å². The van der Waals surface area contributed by atoms with E-state index in [4.69, 9.17) is 5.73 Å². The minimum absolute atomic E-state index is 0.304. The van der Waals surface area contributed by atoms with Crippen molar-refractivity contribution in [3.8, 4) is 0 Å². The summed E-state index contributed by atoms with van der Waals surface area (Å²) in [6, 6.07) is 0. The molecule has 0 aliphatic carbocycles. The van der Waals surface area contributed by atoms with Crippen LogP contribution in [0.2, 0.25) is 0 Å². The number of nitrogen functional groups attached to an aromatic ring is 1. The Labute approximate surface area is 124 Å². The standard InChI is InChI=1S/C14H21N5S/c1-7(2)12-11(15)13(19(6)18-12)20-14-16-9(4)8(3)10(5)17-14/h7H,15H2,1-6H3. The van der Waals surface area contributed by atoms with Gasteiger partial charge in [-0.05, 0) is 44.0 Å². The average molecular weight is 291 g/mol. The van der Waals surface area contributed by atoms with E-state index in [1.807, 2.05) is 32.5 Å². The van der Waals surface area contributed by atoms with Crippen molar-refractivity contribution in [1.82, 2.24) is 19.7 Å². The van der Waals surface area contributed by atoms with E-state index < -0.39 is 0 Å². The van der Waals surface area contributed by atoms with Crippen LogP contribution in [-0.4, -0.2) is 19.7 Å². The summed E-state index contributed by atoms with van der Waals surface area (Å²) in [6.45, 7) is 10.2. The van der Waals surface area contributed by atoms with Crippen molar-refractivity contribution < 1.29 is 0 Å². The number of hydrogen-bond acceptors (Lipinski definition) is 5. The minimum Gasteiger partial charge on any atom is -0.395 e. The molecule has 0 saturated heterocycles. The first-order chi connectivity index (χ1) is 9.31. The normalized spacial score (nSPS) is 11.3. The van der Waals surface area contributed by atoms with Crippen LogP contribution in [0.4, 0.5) is 5.69 Å². The van der Waals surface area contributed by atoms with Crippen LogP contribution >= 0.6 is 11.8 Å². The van der Waals surface area contributed by atoms with Crippen LogP contribution in [0.3, 0.4) is 0 Å². The van der Waals surface area contributed by atoms with Gasteiger partial charge in [-0.15, -0.1) is 0 Å². The zero-order valence-corrected chi connectivity index (χ0v) is 13.7. The summed E-state index contributed by atoms with van der Waals surface area (Å²) in [5, 5.41) is 6.10. The molecule has 0 amide bonds. The van der Waals surface area contributed by atoms with Gasteiger partial charge in [-0.1, -0.05) is 13.8 Å². The summed E-state index contributed by atoms with van der Waals surface area (Å²) < 4.78 is 1.81. The molecule has 0 radical (unpaired) electrons. The molecule has 0 spiro atoms. The van der Waals surface area contributed by atoms with Gasteiger partial charge in [0, 0.05) is 18.4 Å². The lowest BCUT2D eigenvalue weighted by atomic mass is 10.1. The molecule has 0 unspecified atom stereocenters. The molecule has 108 valence electrons. The van der Waals surface area contributed by atoms with Crippen molar-refractivity contribution in [2.45, 2.75) is 50.7 Å². The van der Waals surface area contributed by atoms with E-state index in [0.717, 1.165) is 38.5 Å². The topological polar surface area (TPSA) is 69.6 Å². The molecule has 2 aromatic heterocycles. The highest BCUT2D eigenvalue weighted by Gasteiger charge is 2.18. The average Bonchev–Trinajstić information content (AvgIpc) is 2.64. The molecule has 2 heterocycles. The maximum Gasteiger partial charge on any atom is 0.194 e. The van der Waals surface area contributed by atoms with Gasteiger partial charge in [0.05, 0.1) is 11.4 Å². The number of aryl methyl sites for hydroxylation is 3. The van der Waals surface area contributed by atoms with Gasteiger partial charge in [0.15, 0.2) is 5.16 Å². The van der Waals surface area contributed by atoms with Gasteiger partial charge in [0.1, 0.15) is 5.03 Å². The van der Waals surface area contributed by atoms with Gasteiger partial charge in [0.2, 0.25) is 0 Å². The second-order valence-electron chi connectivity index (χ2n) is 5.29. The number of anilines is 1. The van der Waals surface area contributed by atoms with Crippen molar-refractivity contribution in [2.75, 3.05) is 5.73 Å². The Kier molecular flexibility index (Phi) is 4.04. The molecule has 0 aromatic carbocycles. The minimum atomic E-state index is 0.304. The van der Waals surface area contributed by atoms with E-state index in [9.17, 15) is 0 Å².